The molecule has 4 rings (SSSR count). The van der Waals surface area contributed by atoms with E-state index < -0.39 is 0 Å². The number of nitrogens with zero attached hydrogens (tertiary/aromatic N) is 4. The van der Waals surface area contributed by atoms with Crippen molar-refractivity contribution in [1.82, 2.24) is 9.88 Å². The Balaban J connectivity index is 1.57. The molecule has 1 aromatic carbocycles. The normalized spacial score (nSPS) is 26.3. The number of benzene rings is 1. The highest BCUT2D eigenvalue weighted by Crippen LogP contribution is 2.31. The molecule has 2 aromatic rings. The van der Waals surface area contributed by atoms with Crippen LogP contribution in [0.2, 0.25) is 0 Å². The molecule has 3 atom stereocenters. The fourth-order valence-electron chi connectivity index (χ4n) is 4.89. The number of morpholine rings is 1. The fourth-order valence-corrected chi connectivity index (χ4v) is 4.89. The van der Waals surface area contributed by atoms with Gasteiger partial charge in [-0.15, -0.1) is 0 Å². The van der Waals surface area contributed by atoms with Gasteiger partial charge in [0.1, 0.15) is 6.07 Å². The number of rotatable bonds is 4. The summed E-state index contributed by atoms with van der Waals surface area (Å²) in [6.45, 7) is 8.41. The van der Waals surface area contributed by atoms with E-state index >= 15 is 0 Å². The number of pyridine rings is 1. The first kappa shape index (κ1) is 19.2. The van der Waals surface area contributed by atoms with Crippen LogP contribution in [0.15, 0.2) is 30.5 Å². The maximum Gasteiger partial charge on any atom is 0.101 e. The highest BCUT2D eigenvalue weighted by atomic mass is 16.5. The van der Waals surface area contributed by atoms with Crippen LogP contribution in [0.5, 0.6) is 0 Å². The van der Waals surface area contributed by atoms with Gasteiger partial charge in [-0.05, 0) is 57.0 Å². The third-order valence-corrected chi connectivity index (χ3v) is 6.19. The van der Waals surface area contributed by atoms with Crippen LogP contribution in [-0.2, 0) is 4.74 Å². The number of hydrogen-bond donors (Lipinski definition) is 0. The van der Waals surface area contributed by atoms with Gasteiger partial charge < -0.3 is 9.64 Å². The van der Waals surface area contributed by atoms with E-state index in [1.54, 1.807) is 6.20 Å². The molecule has 2 fully saturated rings. The van der Waals surface area contributed by atoms with Gasteiger partial charge in [-0.3, -0.25) is 9.88 Å². The molecular formula is C23H30N4O. The second kappa shape index (κ2) is 8.46. The minimum Gasteiger partial charge on any atom is -0.370 e. The molecule has 0 aliphatic carbocycles. The third-order valence-electron chi connectivity index (χ3n) is 6.19. The molecule has 2 aliphatic heterocycles. The molecule has 0 N–H and O–H groups in total. The number of hydrogen-bond acceptors (Lipinski definition) is 5. The SMILES string of the molecule is CCC1CCCCN1C[C@@H]1CN(c2ccc(C#N)c3ncccc23)C[C@@H](C)O1. The van der Waals surface area contributed by atoms with Crippen molar-refractivity contribution >= 4 is 16.6 Å². The maximum absolute atomic E-state index is 9.42. The highest BCUT2D eigenvalue weighted by Gasteiger charge is 2.30. The van der Waals surface area contributed by atoms with Crippen LogP contribution < -0.4 is 4.90 Å². The zero-order valence-corrected chi connectivity index (χ0v) is 17.0. The molecule has 0 saturated carbocycles. The average Bonchev–Trinajstić information content (AvgIpc) is 2.73. The lowest BCUT2D eigenvalue weighted by molar-refractivity contribution is -0.0423. The Morgan fingerprint density at radius 3 is 2.96 bits per heavy atom. The van der Waals surface area contributed by atoms with E-state index in [9.17, 15) is 5.26 Å². The standard InChI is InChI=1S/C23H30N4O/c1-3-19-7-4-5-12-26(19)15-20-16-27(14-17(2)28-20)22-10-9-18(13-24)23-21(22)8-6-11-25-23/h6,8-11,17,19-20H,3-5,7,12,14-16H2,1-2H3/t17-,19?,20-/m1/s1. The second-order valence-corrected chi connectivity index (χ2v) is 8.17. The van der Waals surface area contributed by atoms with Crippen LogP contribution in [0.25, 0.3) is 10.9 Å². The van der Waals surface area contributed by atoms with Crippen molar-refractivity contribution in [3.05, 3.63) is 36.0 Å². The maximum atomic E-state index is 9.42. The van der Waals surface area contributed by atoms with Crippen LogP contribution in [0, 0.1) is 11.3 Å². The Kier molecular flexibility index (Phi) is 5.79. The quantitative estimate of drug-likeness (QED) is 0.806. The molecule has 3 heterocycles. The third kappa shape index (κ3) is 3.85. The minimum atomic E-state index is 0.186. The van der Waals surface area contributed by atoms with Gasteiger partial charge in [-0.25, -0.2) is 0 Å². The number of aromatic nitrogens is 1. The summed E-state index contributed by atoms with van der Waals surface area (Å²) in [5.74, 6) is 0. The smallest absolute Gasteiger partial charge is 0.101 e. The molecule has 1 unspecified atom stereocenters. The summed E-state index contributed by atoms with van der Waals surface area (Å²) in [7, 11) is 0. The van der Waals surface area contributed by atoms with Crippen LogP contribution in [0.1, 0.15) is 45.1 Å². The number of likely N-dealkylation sites (tertiary alicyclic amines) is 1. The van der Waals surface area contributed by atoms with Gasteiger partial charge in [-0.1, -0.05) is 13.3 Å². The lowest BCUT2D eigenvalue weighted by atomic mass is 9.99. The topological polar surface area (TPSA) is 52.4 Å². The lowest BCUT2D eigenvalue weighted by Gasteiger charge is -2.43. The summed E-state index contributed by atoms with van der Waals surface area (Å²) in [5.41, 5.74) is 2.59. The molecule has 1 aromatic heterocycles. The van der Waals surface area contributed by atoms with Crippen molar-refractivity contribution < 1.29 is 4.74 Å². The van der Waals surface area contributed by atoms with Gasteiger partial charge in [0.15, 0.2) is 0 Å². The highest BCUT2D eigenvalue weighted by molar-refractivity contribution is 5.95. The van der Waals surface area contributed by atoms with Crippen molar-refractivity contribution in [3.63, 3.8) is 0 Å². The lowest BCUT2D eigenvalue weighted by Crippen LogP contribution is -2.53. The van der Waals surface area contributed by atoms with E-state index in [1.807, 2.05) is 12.1 Å². The number of piperidine rings is 1. The second-order valence-electron chi connectivity index (χ2n) is 8.17. The Morgan fingerprint density at radius 2 is 2.14 bits per heavy atom. The largest absolute Gasteiger partial charge is 0.370 e. The first-order valence-corrected chi connectivity index (χ1v) is 10.6. The number of nitriles is 1. The van der Waals surface area contributed by atoms with Crippen LogP contribution >= 0.6 is 0 Å². The first-order chi connectivity index (χ1) is 13.7. The molecule has 0 amide bonds. The Labute approximate surface area is 167 Å². The zero-order valence-electron chi connectivity index (χ0n) is 17.0. The molecule has 2 aliphatic rings. The molecule has 0 radical (unpaired) electrons. The monoisotopic (exact) mass is 378 g/mol. The molecular weight excluding hydrogens is 348 g/mol. The van der Waals surface area contributed by atoms with Crippen molar-refractivity contribution in [2.75, 3.05) is 31.1 Å². The van der Waals surface area contributed by atoms with E-state index in [1.165, 1.54) is 32.2 Å². The summed E-state index contributed by atoms with van der Waals surface area (Å²) in [6.07, 6.45) is 7.34. The van der Waals surface area contributed by atoms with Gasteiger partial charge in [0.25, 0.3) is 0 Å². The summed E-state index contributed by atoms with van der Waals surface area (Å²) >= 11 is 0. The molecule has 5 nitrogen and oxygen atoms in total. The van der Waals surface area contributed by atoms with Gasteiger partial charge in [0.2, 0.25) is 0 Å². The van der Waals surface area contributed by atoms with Gasteiger partial charge in [0.05, 0.1) is 23.3 Å². The Morgan fingerprint density at radius 1 is 1.25 bits per heavy atom. The van der Waals surface area contributed by atoms with Crippen LogP contribution in [-0.4, -0.2) is 54.3 Å². The summed E-state index contributed by atoms with van der Waals surface area (Å²) in [5, 5.41) is 10.5. The Hall–Kier alpha value is -2.16. The van der Waals surface area contributed by atoms with Gasteiger partial charge in [0, 0.05) is 42.9 Å². The molecule has 0 bridgehead atoms. The van der Waals surface area contributed by atoms with Crippen molar-refractivity contribution in [2.45, 2.75) is 57.8 Å². The van der Waals surface area contributed by atoms with E-state index in [2.05, 4.69) is 46.8 Å². The summed E-state index contributed by atoms with van der Waals surface area (Å²) in [4.78, 5) is 9.54. The molecule has 0 spiro atoms. The predicted octanol–water partition coefficient (Wildman–Crippen LogP) is 3.96. The molecule has 148 valence electrons. The van der Waals surface area contributed by atoms with E-state index in [-0.39, 0.29) is 12.2 Å². The van der Waals surface area contributed by atoms with Crippen molar-refractivity contribution in [1.29, 1.82) is 5.26 Å². The average molecular weight is 379 g/mol. The predicted molar refractivity (Wildman–Crippen MR) is 113 cm³/mol. The van der Waals surface area contributed by atoms with Gasteiger partial charge >= 0.3 is 0 Å². The molecule has 28 heavy (non-hydrogen) atoms. The summed E-state index contributed by atoms with van der Waals surface area (Å²) in [6, 6.07) is 11.0. The van der Waals surface area contributed by atoms with Crippen LogP contribution in [0.4, 0.5) is 5.69 Å². The molecule has 2 saturated heterocycles. The first-order valence-electron chi connectivity index (χ1n) is 10.6. The van der Waals surface area contributed by atoms with E-state index in [0.29, 0.717) is 11.6 Å². The van der Waals surface area contributed by atoms with E-state index in [0.717, 1.165) is 36.2 Å². The van der Waals surface area contributed by atoms with Crippen molar-refractivity contribution in [3.8, 4) is 6.07 Å². The minimum absolute atomic E-state index is 0.186. The number of ether oxygens (including phenoxy) is 1. The Bertz CT molecular complexity index is 861. The zero-order chi connectivity index (χ0) is 19.5. The number of anilines is 1. The molecule has 5 heteroatoms. The van der Waals surface area contributed by atoms with Gasteiger partial charge in [-0.2, -0.15) is 5.26 Å². The van der Waals surface area contributed by atoms with E-state index in [4.69, 9.17) is 4.74 Å². The summed E-state index contributed by atoms with van der Waals surface area (Å²) < 4.78 is 6.34. The fraction of sp³-hybridized carbons (Fsp3) is 0.565. The van der Waals surface area contributed by atoms with Crippen molar-refractivity contribution in [2.24, 2.45) is 0 Å². The van der Waals surface area contributed by atoms with Crippen LogP contribution in [0.3, 0.4) is 0 Å². The number of fused-ring (bicyclic) bond motifs is 1.